The van der Waals surface area contributed by atoms with E-state index in [-0.39, 0.29) is 0 Å². The normalized spacial score (nSPS) is 27.9. The molecule has 2 rings (SSSR count). The van der Waals surface area contributed by atoms with E-state index in [1.807, 2.05) is 12.2 Å². The van der Waals surface area contributed by atoms with Gasteiger partial charge in [0, 0.05) is 13.1 Å². The van der Waals surface area contributed by atoms with Gasteiger partial charge >= 0.3 is 0 Å². The molecule has 0 aromatic rings. The Labute approximate surface area is 85.0 Å². The molecule has 1 atom stereocenters. The van der Waals surface area contributed by atoms with E-state index in [0.717, 1.165) is 25.3 Å². The molecule has 0 amide bonds. The Balaban J connectivity index is 2.03. The van der Waals surface area contributed by atoms with Gasteiger partial charge in [0.1, 0.15) is 0 Å². The lowest BCUT2D eigenvalue weighted by Crippen LogP contribution is -2.37. The van der Waals surface area contributed by atoms with Crippen molar-refractivity contribution in [1.29, 1.82) is 0 Å². The van der Waals surface area contributed by atoms with Crippen LogP contribution in [-0.2, 0) is 0 Å². The first kappa shape index (κ1) is 9.34. The molecule has 0 aliphatic carbocycles. The molecule has 1 unspecified atom stereocenters. The van der Waals surface area contributed by atoms with Crippen molar-refractivity contribution in [2.45, 2.75) is 12.5 Å². The molecule has 0 saturated carbocycles. The third-order valence-electron chi connectivity index (χ3n) is 2.75. The maximum atomic E-state index is 5.72. The second-order valence-electron chi connectivity index (χ2n) is 3.92. The van der Waals surface area contributed by atoms with Gasteiger partial charge in [-0.3, -0.25) is 0 Å². The monoisotopic (exact) mass is 191 g/mol. The van der Waals surface area contributed by atoms with Crippen LogP contribution in [0.4, 0.5) is 0 Å². The van der Waals surface area contributed by atoms with Gasteiger partial charge in [-0.05, 0) is 25.1 Å². The van der Waals surface area contributed by atoms with Crippen LogP contribution in [0.3, 0.4) is 0 Å². The number of nitrogens with one attached hydrogen (secondary N) is 1. The van der Waals surface area contributed by atoms with Gasteiger partial charge < -0.3 is 16.0 Å². The van der Waals surface area contributed by atoms with Crippen LogP contribution in [0.15, 0.2) is 35.7 Å². The highest BCUT2D eigenvalue weighted by Gasteiger charge is 2.16. The fourth-order valence-corrected chi connectivity index (χ4v) is 1.83. The van der Waals surface area contributed by atoms with E-state index < -0.39 is 0 Å². The molecule has 3 heteroatoms. The highest BCUT2D eigenvalue weighted by atomic mass is 15.1. The summed E-state index contributed by atoms with van der Waals surface area (Å²) in [6.07, 6.45) is 9.51. The fourth-order valence-electron chi connectivity index (χ4n) is 1.83. The van der Waals surface area contributed by atoms with E-state index in [4.69, 9.17) is 5.73 Å². The summed E-state index contributed by atoms with van der Waals surface area (Å²) in [4.78, 5) is 2.31. The Kier molecular flexibility index (Phi) is 2.59. The summed E-state index contributed by atoms with van der Waals surface area (Å²) in [5, 5.41) is 3.27. The molecule has 2 aliphatic rings. The molecule has 0 aromatic carbocycles. The van der Waals surface area contributed by atoms with Crippen molar-refractivity contribution in [2.24, 2.45) is 5.73 Å². The first-order chi connectivity index (χ1) is 6.75. The van der Waals surface area contributed by atoms with Crippen LogP contribution in [0.5, 0.6) is 0 Å². The van der Waals surface area contributed by atoms with Crippen molar-refractivity contribution in [2.75, 3.05) is 20.1 Å². The second kappa shape index (κ2) is 3.88. The second-order valence-corrected chi connectivity index (χ2v) is 3.92. The van der Waals surface area contributed by atoms with E-state index >= 15 is 0 Å². The van der Waals surface area contributed by atoms with Crippen LogP contribution in [-0.4, -0.2) is 31.1 Å². The summed E-state index contributed by atoms with van der Waals surface area (Å²) in [6, 6.07) is 0.314. The number of nitrogens with two attached hydrogens (primary N) is 1. The Morgan fingerprint density at radius 1 is 1.57 bits per heavy atom. The minimum Gasteiger partial charge on any atom is -0.386 e. The number of nitrogens with zero attached hydrogens (tertiary/aromatic N) is 1. The molecular formula is C11H17N3. The lowest BCUT2D eigenvalue weighted by atomic mass is 9.98. The van der Waals surface area contributed by atoms with E-state index in [2.05, 4.69) is 29.4 Å². The number of dihydropyridines is 1. The van der Waals surface area contributed by atoms with Crippen LogP contribution in [0.25, 0.3) is 0 Å². The largest absolute Gasteiger partial charge is 0.386 e. The van der Waals surface area contributed by atoms with Crippen LogP contribution in [0.1, 0.15) is 6.42 Å². The maximum absolute atomic E-state index is 5.72. The van der Waals surface area contributed by atoms with Gasteiger partial charge in [0.25, 0.3) is 0 Å². The minimum absolute atomic E-state index is 0.314. The van der Waals surface area contributed by atoms with Gasteiger partial charge in [-0.1, -0.05) is 18.2 Å². The van der Waals surface area contributed by atoms with Crippen LogP contribution in [0.2, 0.25) is 0 Å². The number of hydrogen-bond acceptors (Lipinski definition) is 3. The summed E-state index contributed by atoms with van der Waals surface area (Å²) in [6.45, 7) is 2.19. The predicted molar refractivity (Wildman–Crippen MR) is 58.5 cm³/mol. The summed E-state index contributed by atoms with van der Waals surface area (Å²) in [5.74, 6) is 0.761. The average Bonchev–Trinajstić information content (AvgIpc) is 2.19. The molecule has 0 spiro atoms. The van der Waals surface area contributed by atoms with Crippen LogP contribution < -0.4 is 11.1 Å². The SMILES string of the molecule is CN1CC=C(C2C=CC=C(N)N2)CC1. The highest BCUT2D eigenvalue weighted by molar-refractivity contribution is 5.28. The number of rotatable bonds is 1. The van der Waals surface area contributed by atoms with Gasteiger partial charge in [0.2, 0.25) is 0 Å². The van der Waals surface area contributed by atoms with Crippen molar-refractivity contribution in [3.63, 3.8) is 0 Å². The Morgan fingerprint density at radius 3 is 3.07 bits per heavy atom. The summed E-state index contributed by atoms with van der Waals surface area (Å²) >= 11 is 0. The number of likely N-dealkylation sites (N-methyl/N-ethyl adjacent to an activating group) is 1. The van der Waals surface area contributed by atoms with Gasteiger partial charge in [-0.25, -0.2) is 0 Å². The van der Waals surface area contributed by atoms with Gasteiger partial charge in [0.05, 0.1) is 11.9 Å². The Morgan fingerprint density at radius 2 is 2.43 bits per heavy atom. The highest BCUT2D eigenvalue weighted by Crippen LogP contribution is 2.16. The summed E-state index contributed by atoms with van der Waals surface area (Å²) in [7, 11) is 2.14. The third kappa shape index (κ3) is 1.99. The molecular weight excluding hydrogens is 174 g/mol. The van der Waals surface area contributed by atoms with Gasteiger partial charge in [-0.2, -0.15) is 0 Å². The lowest BCUT2D eigenvalue weighted by Gasteiger charge is -2.28. The van der Waals surface area contributed by atoms with Crippen LogP contribution in [0, 0.1) is 0 Å². The molecule has 2 aliphatic heterocycles. The quantitative estimate of drug-likeness (QED) is 0.596. The van der Waals surface area contributed by atoms with Crippen molar-refractivity contribution < 1.29 is 0 Å². The molecule has 3 N–H and O–H groups in total. The molecule has 0 fully saturated rings. The minimum atomic E-state index is 0.314. The standard InChI is InChI=1S/C11H17N3/c1-14-7-5-9(6-8-14)10-3-2-4-11(12)13-10/h2-5,10,13H,6-8,12H2,1H3. The van der Waals surface area contributed by atoms with Crippen molar-refractivity contribution in [3.05, 3.63) is 35.7 Å². The zero-order valence-corrected chi connectivity index (χ0v) is 8.53. The lowest BCUT2D eigenvalue weighted by molar-refractivity contribution is 0.354. The molecule has 14 heavy (non-hydrogen) atoms. The summed E-state index contributed by atoms with van der Waals surface area (Å²) in [5.41, 5.74) is 7.17. The van der Waals surface area contributed by atoms with Crippen molar-refractivity contribution in [3.8, 4) is 0 Å². The van der Waals surface area contributed by atoms with Crippen LogP contribution >= 0.6 is 0 Å². The maximum Gasteiger partial charge on any atom is 0.0967 e. The molecule has 0 bridgehead atoms. The average molecular weight is 191 g/mol. The molecule has 0 saturated heterocycles. The molecule has 76 valence electrons. The predicted octanol–water partition coefficient (Wildman–Crippen LogP) is 0.576. The van der Waals surface area contributed by atoms with E-state index in [1.165, 1.54) is 5.57 Å². The molecule has 3 nitrogen and oxygen atoms in total. The van der Waals surface area contributed by atoms with Crippen molar-refractivity contribution >= 4 is 0 Å². The van der Waals surface area contributed by atoms with Gasteiger partial charge in [0.15, 0.2) is 0 Å². The smallest absolute Gasteiger partial charge is 0.0967 e. The first-order valence-electron chi connectivity index (χ1n) is 5.03. The first-order valence-corrected chi connectivity index (χ1v) is 5.03. The van der Waals surface area contributed by atoms with Crippen molar-refractivity contribution in [1.82, 2.24) is 10.2 Å². The zero-order valence-electron chi connectivity index (χ0n) is 8.53. The van der Waals surface area contributed by atoms with E-state index in [1.54, 1.807) is 0 Å². The number of hydrogen-bond donors (Lipinski definition) is 2. The fraction of sp³-hybridized carbons (Fsp3) is 0.455. The molecule has 0 aromatic heterocycles. The van der Waals surface area contributed by atoms with Gasteiger partial charge in [-0.15, -0.1) is 0 Å². The third-order valence-corrected chi connectivity index (χ3v) is 2.75. The van der Waals surface area contributed by atoms with E-state index in [9.17, 15) is 0 Å². The number of allylic oxidation sites excluding steroid dienone is 2. The Hall–Kier alpha value is -1.22. The topological polar surface area (TPSA) is 41.3 Å². The zero-order chi connectivity index (χ0) is 9.97. The Bertz CT molecular complexity index is 302. The van der Waals surface area contributed by atoms with E-state index in [0.29, 0.717) is 6.04 Å². The molecule has 2 heterocycles. The summed E-state index contributed by atoms with van der Waals surface area (Å²) < 4.78 is 0. The molecule has 0 radical (unpaired) electrons.